The van der Waals surface area contributed by atoms with Gasteiger partial charge in [0, 0.05) is 17.7 Å². The topological polar surface area (TPSA) is 46.2 Å². The Morgan fingerprint density at radius 2 is 2.11 bits per heavy atom. The summed E-state index contributed by atoms with van der Waals surface area (Å²) >= 11 is 1.63. The minimum atomic E-state index is -0.0353. The fourth-order valence-electron chi connectivity index (χ4n) is 1.73. The Morgan fingerprint density at radius 3 is 2.79 bits per heavy atom. The second kappa shape index (κ2) is 6.29. The molecule has 98 valence electrons. The van der Waals surface area contributed by atoms with Gasteiger partial charge in [0.1, 0.15) is 0 Å². The van der Waals surface area contributed by atoms with Gasteiger partial charge in [0.2, 0.25) is 5.91 Å². The van der Waals surface area contributed by atoms with Crippen LogP contribution in [-0.4, -0.2) is 11.7 Å². The summed E-state index contributed by atoms with van der Waals surface area (Å²) in [5.74, 6) is -0.0405. The van der Waals surface area contributed by atoms with Crippen molar-refractivity contribution >= 4 is 28.7 Å². The molecule has 0 unspecified atom stereocenters. The molecule has 3 nitrogen and oxygen atoms in total. The van der Waals surface area contributed by atoms with Gasteiger partial charge in [-0.25, -0.2) is 0 Å². The van der Waals surface area contributed by atoms with Crippen LogP contribution in [0.15, 0.2) is 41.1 Å². The Hall–Kier alpha value is -1.94. The van der Waals surface area contributed by atoms with E-state index < -0.39 is 0 Å². The molecule has 4 heteroatoms. The first kappa shape index (κ1) is 13.5. The maximum absolute atomic E-state index is 11.8. The zero-order valence-corrected chi connectivity index (χ0v) is 11.5. The van der Waals surface area contributed by atoms with Crippen LogP contribution in [0, 0.1) is 0 Å². The number of Topliss-reactive ketones (excluding diaryl/α,β-unsaturated/α-hetero) is 1. The van der Waals surface area contributed by atoms with Gasteiger partial charge in [-0.1, -0.05) is 12.1 Å². The van der Waals surface area contributed by atoms with Gasteiger partial charge < -0.3 is 5.32 Å². The molecule has 2 rings (SSSR count). The molecule has 1 heterocycles. The average molecular weight is 273 g/mol. The van der Waals surface area contributed by atoms with E-state index in [0.717, 1.165) is 6.42 Å². The first-order chi connectivity index (χ1) is 9.15. The number of anilines is 1. The molecule has 0 aliphatic heterocycles. The minimum Gasteiger partial charge on any atom is -0.326 e. The summed E-state index contributed by atoms with van der Waals surface area (Å²) in [6.45, 7) is 1.51. The van der Waals surface area contributed by atoms with Crippen molar-refractivity contribution in [3.05, 3.63) is 52.2 Å². The number of nitrogens with one attached hydrogen (secondary N) is 1. The normalized spacial score (nSPS) is 10.2. The lowest BCUT2D eigenvalue weighted by molar-refractivity contribution is -0.116. The molecule has 1 N–H and O–H groups in total. The summed E-state index contributed by atoms with van der Waals surface area (Å²) in [6.07, 6.45) is 1.18. The number of ketones is 1. The molecule has 0 saturated heterocycles. The minimum absolute atomic E-state index is 0.00521. The number of carbonyl (C=O) groups excluding carboxylic acids is 2. The molecule has 0 aliphatic rings. The lowest BCUT2D eigenvalue weighted by atomic mass is 10.1. The van der Waals surface area contributed by atoms with E-state index in [4.69, 9.17) is 0 Å². The maximum Gasteiger partial charge on any atom is 0.224 e. The van der Waals surface area contributed by atoms with E-state index in [1.165, 1.54) is 12.5 Å². The van der Waals surface area contributed by atoms with E-state index in [-0.39, 0.29) is 11.7 Å². The van der Waals surface area contributed by atoms with E-state index >= 15 is 0 Å². The average Bonchev–Trinajstić information content (AvgIpc) is 2.90. The van der Waals surface area contributed by atoms with Gasteiger partial charge in [-0.15, -0.1) is 0 Å². The lowest BCUT2D eigenvalue weighted by Crippen LogP contribution is -2.12. The third-order valence-electron chi connectivity index (χ3n) is 2.77. The van der Waals surface area contributed by atoms with E-state index in [9.17, 15) is 9.59 Å². The number of amides is 1. The summed E-state index contributed by atoms with van der Waals surface area (Å²) in [5, 5.41) is 6.86. The van der Waals surface area contributed by atoms with Crippen molar-refractivity contribution in [1.82, 2.24) is 0 Å². The molecule has 0 aliphatic carbocycles. The summed E-state index contributed by atoms with van der Waals surface area (Å²) in [6, 6.07) is 9.02. The largest absolute Gasteiger partial charge is 0.326 e. The maximum atomic E-state index is 11.8. The highest BCUT2D eigenvalue weighted by Gasteiger charge is 2.05. The van der Waals surface area contributed by atoms with Gasteiger partial charge in [0.25, 0.3) is 0 Å². The van der Waals surface area contributed by atoms with E-state index in [1.807, 2.05) is 16.8 Å². The molecule has 2 aromatic rings. The third-order valence-corrected chi connectivity index (χ3v) is 3.51. The van der Waals surface area contributed by atoms with Gasteiger partial charge in [-0.2, -0.15) is 11.3 Å². The van der Waals surface area contributed by atoms with Crippen molar-refractivity contribution in [3.63, 3.8) is 0 Å². The first-order valence-electron chi connectivity index (χ1n) is 6.07. The molecule has 0 radical (unpaired) electrons. The molecule has 0 saturated carbocycles. The predicted octanol–water partition coefficient (Wildman–Crippen LogP) is 3.52. The summed E-state index contributed by atoms with van der Waals surface area (Å²) in [5.41, 5.74) is 2.45. The fourth-order valence-corrected chi connectivity index (χ4v) is 2.44. The van der Waals surface area contributed by atoms with Crippen LogP contribution in [-0.2, 0) is 11.2 Å². The quantitative estimate of drug-likeness (QED) is 0.847. The van der Waals surface area contributed by atoms with Crippen molar-refractivity contribution in [1.29, 1.82) is 0 Å². The van der Waals surface area contributed by atoms with Gasteiger partial charge >= 0.3 is 0 Å². The van der Waals surface area contributed by atoms with Crippen LogP contribution in [0.1, 0.15) is 29.3 Å². The molecule has 0 spiro atoms. The molecular weight excluding hydrogens is 258 g/mol. The highest BCUT2D eigenvalue weighted by Crippen LogP contribution is 2.13. The van der Waals surface area contributed by atoms with Gasteiger partial charge in [-0.3, -0.25) is 9.59 Å². The first-order valence-corrected chi connectivity index (χ1v) is 7.01. The monoisotopic (exact) mass is 273 g/mol. The second-order valence-corrected chi connectivity index (χ2v) is 5.10. The molecule has 1 aromatic heterocycles. The van der Waals surface area contributed by atoms with Gasteiger partial charge in [0.05, 0.1) is 0 Å². The smallest absolute Gasteiger partial charge is 0.224 e. The standard InChI is InChI=1S/C15H15NO2S/c1-11(17)13-3-2-4-14(9-13)16-15(18)6-5-12-7-8-19-10-12/h2-4,7-10H,5-6H2,1H3,(H,16,18). The molecule has 19 heavy (non-hydrogen) atoms. The third kappa shape index (κ3) is 4.03. The van der Waals surface area contributed by atoms with E-state index in [0.29, 0.717) is 17.7 Å². The fraction of sp³-hybridized carbons (Fsp3) is 0.200. The van der Waals surface area contributed by atoms with Crippen molar-refractivity contribution in [2.75, 3.05) is 5.32 Å². The Balaban J connectivity index is 1.91. The number of benzene rings is 1. The molecule has 1 aromatic carbocycles. The van der Waals surface area contributed by atoms with Crippen molar-refractivity contribution < 1.29 is 9.59 Å². The molecule has 0 atom stereocenters. The van der Waals surface area contributed by atoms with Gasteiger partial charge in [0.15, 0.2) is 5.78 Å². The van der Waals surface area contributed by atoms with E-state index in [2.05, 4.69) is 5.32 Å². The second-order valence-electron chi connectivity index (χ2n) is 4.32. The number of rotatable bonds is 5. The Bertz CT molecular complexity index is 576. The number of hydrogen-bond acceptors (Lipinski definition) is 3. The van der Waals surface area contributed by atoms with Gasteiger partial charge in [-0.05, 0) is 47.9 Å². The van der Waals surface area contributed by atoms with Crippen LogP contribution in [0.5, 0.6) is 0 Å². The lowest BCUT2D eigenvalue weighted by Gasteiger charge is -2.06. The molecular formula is C15H15NO2S. The molecule has 0 fully saturated rings. The number of thiophene rings is 1. The zero-order valence-electron chi connectivity index (χ0n) is 10.7. The van der Waals surface area contributed by atoms with Crippen LogP contribution in [0.2, 0.25) is 0 Å². The molecule has 1 amide bonds. The van der Waals surface area contributed by atoms with Crippen LogP contribution < -0.4 is 5.32 Å². The Kier molecular flexibility index (Phi) is 4.47. The van der Waals surface area contributed by atoms with Crippen LogP contribution in [0.4, 0.5) is 5.69 Å². The Morgan fingerprint density at radius 1 is 1.26 bits per heavy atom. The Labute approximate surface area is 116 Å². The van der Waals surface area contributed by atoms with Crippen molar-refractivity contribution in [2.45, 2.75) is 19.8 Å². The highest BCUT2D eigenvalue weighted by atomic mass is 32.1. The number of aryl methyl sites for hydroxylation is 1. The zero-order chi connectivity index (χ0) is 13.7. The van der Waals surface area contributed by atoms with Crippen LogP contribution in [0.3, 0.4) is 0 Å². The predicted molar refractivity (Wildman–Crippen MR) is 77.7 cm³/mol. The van der Waals surface area contributed by atoms with Crippen LogP contribution in [0.25, 0.3) is 0 Å². The van der Waals surface area contributed by atoms with Crippen molar-refractivity contribution in [2.24, 2.45) is 0 Å². The number of carbonyl (C=O) groups is 2. The summed E-state index contributed by atoms with van der Waals surface area (Å²) < 4.78 is 0. The summed E-state index contributed by atoms with van der Waals surface area (Å²) in [7, 11) is 0. The van der Waals surface area contributed by atoms with Crippen molar-refractivity contribution in [3.8, 4) is 0 Å². The SMILES string of the molecule is CC(=O)c1cccc(NC(=O)CCc2ccsc2)c1. The number of hydrogen-bond donors (Lipinski definition) is 1. The summed E-state index contributed by atoms with van der Waals surface area (Å²) in [4.78, 5) is 23.0. The van der Waals surface area contributed by atoms with Crippen LogP contribution >= 0.6 is 11.3 Å². The molecule has 0 bridgehead atoms. The highest BCUT2D eigenvalue weighted by molar-refractivity contribution is 7.07. The van der Waals surface area contributed by atoms with E-state index in [1.54, 1.807) is 35.6 Å².